The number of methoxy groups -OCH3 is 1. The Morgan fingerprint density at radius 2 is 1.83 bits per heavy atom. The lowest BCUT2D eigenvalue weighted by Crippen LogP contribution is -2.44. The van der Waals surface area contributed by atoms with Gasteiger partial charge in [-0.05, 0) is 42.7 Å². The Labute approximate surface area is 140 Å². The number of amides is 1. The molecule has 1 aliphatic heterocycles. The van der Waals surface area contributed by atoms with E-state index in [2.05, 4.69) is 5.32 Å². The van der Waals surface area contributed by atoms with E-state index < -0.39 is 0 Å². The Bertz CT molecular complexity index is 797. The van der Waals surface area contributed by atoms with Crippen LogP contribution in [0.2, 0.25) is 0 Å². The zero-order valence-electron chi connectivity index (χ0n) is 13.4. The van der Waals surface area contributed by atoms with E-state index >= 15 is 0 Å². The molecule has 4 rings (SSSR count). The summed E-state index contributed by atoms with van der Waals surface area (Å²) in [4.78, 5) is 26.4. The molecule has 0 unspecified atom stereocenters. The highest BCUT2D eigenvalue weighted by atomic mass is 16.5. The molecule has 1 saturated carbocycles. The lowest BCUT2D eigenvalue weighted by atomic mass is 10.0. The van der Waals surface area contributed by atoms with Crippen molar-refractivity contribution in [2.24, 2.45) is 0 Å². The first-order valence-electron chi connectivity index (χ1n) is 8.05. The van der Waals surface area contributed by atoms with E-state index in [1.54, 1.807) is 12.1 Å². The molecular weight excluding hydrogens is 304 g/mol. The minimum atomic E-state index is -0.362. The summed E-state index contributed by atoms with van der Waals surface area (Å²) in [5.41, 5.74) is 3.02. The first-order chi connectivity index (χ1) is 11.7. The molecule has 0 spiro atoms. The monoisotopic (exact) mass is 322 g/mol. The van der Waals surface area contributed by atoms with E-state index in [9.17, 15) is 9.59 Å². The number of anilines is 1. The van der Waals surface area contributed by atoms with E-state index in [1.807, 2.05) is 41.3 Å². The molecule has 1 heterocycles. The third-order valence-electron chi connectivity index (χ3n) is 4.55. The van der Waals surface area contributed by atoms with Gasteiger partial charge in [0.1, 0.15) is 6.17 Å². The van der Waals surface area contributed by atoms with Gasteiger partial charge in [0.2, 0.25) is 0 Å². The van der Waals surface area contributed by atoms with Gasteiger partial charge in [-0.25, -0.2) is 4.79 Å². The summed E-state index contributed by atoms with van der Waals surface area (Å²) in [5.74, 6) is -0.299. The van der Waals surface area contributed by atoms with Gasteiger partial charge in [-0.15, -0.1) is 0 Å². The first kappa shape index (κ1) is 14.8. The molecule has 0 saturated heterocycles. The number of nitrogens with zero attached hydrogens (tertiary/aromatic N) is 1. The van der Waals surface area contributed by atoms with Crippen molar-refractivity contribution in [2.75, 3.05) is 12.4 Å². The molecule has 2 aliphatic rings. The largest absolute Gasteiger partial charge is 0.465 e. The molecule has 0 bridgehead atoms. The van der Waals surface area contributed by atoms with E-state index in [0.29, 0.717) is 11.1 Å². The fourth-order valence-corrected chi connectivity index (χ4v) is 3.16. The maximum Gasteiger partial charge on any atom is 0.337 e. The van der Waals surface area contributed by atoms with Crippen LogP contribution in [0.15, 0.2) is 48.5 Å². The average molecular weight is 322 g/mol. The first-order valence-corrected chi connectivity index (χ1v) is 8.05. The Morgan fingerprint density at radius 1 is 1.12 bits per heavy atom. The highest BCUT2D eigenvalue weighted by Gasteiger charge is 2.41. The number of carbonyl (C=O) groups is 2. The smallest absolute Gasteiger partial charge is 0.337 e. The molecule has 24 heavy (non-hydrogen) atoms. The third kappa shape index (κ3) is 2.42. The SMILES string of the molecule is COC(=O)c1ccc([C@H]2Nc3ccccc3C(=O)N2C2CC2)cc1. The van der Waals surface area contributed by atoms with Gasteiger partial charge in [-0.3, -0.25) is 4.79 Å². The molecule has 122 valence electrons. The van der Waals surface area contributed by atoms with Crippen LogP contribution >= 0.6 is 0 Å². The second-order valence-corrected chi connectivity index (χ2v) is 6.15. The number of hydrogen-bond acceptors (Lipinski definition) is 4. The summed E-state index contributed by atoms with van der Waals surface area (Å²) in [6, 6.07) is 15.1. The number of rotatable bonds is 3. The summed E-state index contributed by atoms with van der Waals surface area (Å²) < 4.78 is 4.74. The normalized spacial score (nSPS) is 19.5. The predicted molar refractivity (Wildman–Crippen MR) is 89.8 cm³/mol. The molecular formula is C19H18N2O3. The van der Waals surface area contributed by atoms with Gasteiger partial charge in [0.25, 0.3) is 5.91 Å². The van der Waals surface area contributed by atoms with Crippen LogP contribution in [0.5, 0.6) is 0 Å². The molecule has 0 radical (unpaired) electrons. The second kappa shape index (κ2) is 5.67. The number of benzene rings is 2. The van der Waals surface area contributed by atoms with Crippen molar-refractivity contribution in [3.8, 4) is 0 Å². The summed E-state index contributed by atoms with van der Waals surface area (Å²) in [7, 11) is 1.36. The van der Waals surface area contributed by atoms with Gasteiger partial charge < -0.3 is 15.0 Å². The van der Waals surface area contributed by atoms with Gasteiger partial charge in [-0.2, -0.15) is 0 Å². The molecule has 5 heteroatoms. The lowest BCUT2D eigenvalue weighted by molar-refractivity contribution is 0.0598. The molecule has 1 aliphatic carbocycles. The van der Waals surface area contributed by atoms with Crippen molar-refractivity contribution in [1.82, 2.24) is 4.90 Å². The molecule has 1 N–H and O–H groups in total. The van der Waals surface area contributed by atoms with Crippen LogP contribution < -0.4 is 5.32 Å². The van der Waals surface area contributed by atoms with Crippen LogP contribution in [-0.4, -0.2) is 29.9 Å². The lowest BCUT2D eigenvalue weighted by Gasteiger charge is -2.38. The Balaban J connectivity index is 1.71. The quantitative estimate of drug-likeness (QED) is 0.882. The van der Waals surface area contributed by atoms with Gasteiger partial charge in [0.05, 0.1) is 18.2 Å². The van der Waals surface area contributed by atoms with Crippen LogP contribution in [0, 0.1) is 0 Å². The molecule has 2 aromatic carbocycles. The highest BCUT2D eigenvalue weighted by Crippen LogP contribution is 2.40. The Hall–Kier alpha value is -2.82. The van der Waals surface area contributed by atoms with Crippen LogP contribution in [0.1, 0.15) is 45.3 Å². The van der Waals surface area contributed by atoms with E-state index in [4.69, 9.17) is 4.74 Å². The zero-order valence-corrected chi connectivity index (χ0v) is 13.4. The fourth-order valence-electron chi connectivity index (χ4n) is 3.16. The molecule has 0 aromatic heterocycles. The molecule has 2 aromatic rings. The van der Waals surface area contributed by atoms with Gasteiger partial charge in [-0.1, -0.05) is 24.3 Å². The Morgan fingerprint density at radius 3 is 2.50 bits per heavy atom. The second-order valence-electron chi connectivity index (χ2n) is 6.15. The van der Waals surface area contributed by atoms with E-state index in [1.165, 1.54) is 7.11 Å². The number of carbonyl (C=O) groups excluding carboxylic acids is 2. The number of para-hydroxylation sites is 1. The minimum Gasteiger partial charge on any atom is -0.465 e. The molecule has 1 atom stereocenters. The van der Waals surface area contributed by atoms with Crippen molar-refractivity contribution < 1.29 is 14.3 Å². The Kier molecular flexibility index (Phi) is 3.49. The van der Waals surface area contributed by atoms with Crippen LogP contribution in [-0.2, 0) is 4.74 Å². The van der Waals surface area contributed by atoms with Gasteiger partial charge in [0, 0.05) is 11.7 Å². The average Bonchev–Trinajstić information content (AvgIpc) is 3.46. The molecule has 1 fully saturated rings. The molecule has 1 amide bonds. The minimum absolute atomic E-state index is 0.0638. The summed E-state index contributed by atoms with van der Waals surface area (Å²) in [6.07, 6.45) is 1.85. The third-order valence-corrected chi connectivity index (χ3v) is 4.55. The maximum absolute atomic E-state index is 12.9. The predicted octanol–water partition coefficient (Wildman–Crippen LogP) is 3.20. The van der Waals surface area contributed by atoms with E-state index in [-0.39, 0.29) is 24.1 Å². The number of ether oxygens (including phenoxy) is 1. The zero-order chi connectivity index (χ0) is 16.7. The number of hydrogen-bond donors (Lipinski definition) is 1. The number of fused-ring (bicyclic) bond motifs is 1. The maximum atomic E-state index is 12.9. The van der Waals surface area contributed by atoms with Gasteiger partial charge in [0.15, 0.2) is 0 Å². The number of nitrogens with one attached hydrogen (secondary N) is 1. The summed E-state index contributed by atoms with van der Waals surface area (Å²) >= 11 is 0. The number of esters is 1. The van der Waals surface area contributed by atoms with Crippen molar-refractivity contribution in [2.45, 2.75) is 25.0 Å². The standard InChI is InChI=1S/C19H18N2O3/c1-24-19(23)13-8-6-12(7-9-13)17-20-16-5-3-2-4-15(16)18(22)21(17)14-10-11-14/h2-9,14,17,20H,10-11H2,1H3/t17-/m0/s1. The summed E-state index contributed by atoms with van der Waals surface area (Å²) in [6.45, 7) is 0. The fraction of sp³-hybridized carbons (Fsp3) is 0.263. The van der Waals surface area contributed by atoms with Gasteiger partial charge >= 0.3 is 5.97 Å². The van der Waals surface area contributed by atoms with Crippen molar-refractivity contribution in [3.63, 3.8) is 0 Å². The van der Waals surface area contributed by atoms with Crippen LogP contribution in [0.25, 0.3) is 0 Å². The van der Waals surface area contributed by atoms with E-state index in [0.717, 1.165) is 24.1 Å². The van der Waals surface area contributed by atoms with Crippen molar-refractivity contribution in [3.05, 3.63) is 65.2 Å². The topological polar surface area (TPSA) is 58.6 Å². The highest BCUT2D eigenvalue weighted by molar-refractivity contribution is 6.02. The molecule has 5 nitrogen and oxygen atoms in total. The van der Waals surface area contributed by atoms with Crippen molar-refractivity contribution >= 4 is 17.6 Å². The van der Waals surface area contributed by atoms with Crippen LogP contribution in [0.3, 0.4) is 0 Å². The van der Waals surface area contributed by atoms with Crippen molar-refractivity contribution in [1.29, 1.82) is 0 Å². The van der Waals surface area contributed by atoms with Crippen LogP contribution in [0.4, 0.5) is 5.69 Å². The summed E-state index contributed by atoms with van der Waals surface area (Å²) in [5, 5.41) is 3.47.